The van der Waals surface area contributed by atoms with Crippen LogP contribution in [0.25, 0.3) is 11.3 Å². The predicted molar refractivity (Wildman–Crippen MR) is 67.4 cm³/mol. The molecule has 0 spiro atoms. The lowest BCUT2D eigenvalue weighted by Gasteiger charge is -2.15. The summed E-state index contributed by atoms with van der Waals surface area (Å²) in [6.45, 7) is 0. The molecule has 2 aromatic rings. The Morgan fingerprint density at radius 3 is 2.50 bits per heavy atom. The van der Waals surface area contributed by atoms with Gasteiger partial charge in [-0.2, -0.15) is 5.10 Å². The van der Waals surface area contributed by atoms with Crippen LogP contribution in [0.1, 0.15) is 0 Å². The zero-order chi connectivity index (χ0) is 11.7. The van der Waals surface area contributed by atoms with Gasteiger partial charge in [-0.3, -0.25) is 4.68 Å². The van der Waals surface area contributed by atoms with Crippen LogP contribution in [-0.4, -0.2) is 23.9 Å². The largest absolute Gasteiger partial charge is 0.384 e. The Balaban J connectivity index is 2.55. The topological polar surface area (TPSA) is 47.1 Å². The molecule has 1 heterocycles. The second kappa shape index (κ2) is 3.89. The summed E-state index contributed by atoms with van der Waals surface area (Å²) in [5.74, 6) is 0.670. The highest BCUT2D eigenvalue weighted by Gasteiger charge is 2.10. The molecule has 0 aliphatic heterocycles. The second-order valence-corrected chi connectivity index (χ2v) is 3.99. The summed E-state index contributed by atoms with van der Waals surface area (Å²) in [4.78, 5) is 2.07. The Morgan fingerprint density at radius 2 is 1.94 bits per heavy atom. The molecule has 1 aromatic carbocycles. The van der Waals surface area contributed by atoms with Crippen molar-refractivity contribution in [1.29, 1.82) is 0 Å². The summed E-state index contributed by atoms with van der Waals surface area (Å²) in [5.41, 5.74) is 8.93. The van der Waals surface area contributed by atoms with Crippen LogP contribution in [0.4, 0.5) is 11.5 Å². The standard InChI is InChI=1S/C12H16N4/c1-15(2)11-7-5-4-6-9(11)10-8-12(13)16(3)14-10/h4-8H,13H2,1-3H3. The van der Waals surface area contributed by atoms with Crippen LogP contribution in [0.3, 0.4) is 0 Å². The van der Waals surface area contributed by atoms with Gasteiger partial charge in [0, 0.05) is 38.5 Å². The molecule has 2 rings (SSSR count). The molecule has 2 N–H and O–H groups in total. The van der Waals surface area contributed by atoms with E-state index in [1.54, 1.807) is 4.68 Å². The van der Waals surface area contributed by atoms with E-state index in [9.17, 15) is 0 Å². The molecule has 0 saturated heterocycles. The number of nitrogen functional groups attached to an aromatic ring is 1. The molecule has 4 nitrogen and oxygen atoms in total. The van der Waals surface area contributed by atoms with Gasteiger partial charge in [0.1, 0.15) is 5.82 Å². The fourth-order valence-corrected chi connectivity index (χ4v) is 1.69. The first-order valence-corrected chi connectivity index (χ1v) is 5.16. The molecule has 0 aliphatic rings. The van der Waals surface area contributed by atoms with Crippen molar-refractivity contribution in [3.8, 4) is 11.3 Å². The van der Waals surface area contributed by atoms with Crippen LogP contribution in [0.15, 0.2) is 30.3 Å². The molecule has 0 fully saturated rings. The first-order valence-electron chi connectivity index (χ1n) is 5.16. The molecule has 0 atom stereocenters. The minimum absolute atomic E-state index is 0.670. The summed E-state index contributed by atoms with van der Waals surface area (Å²) in [7, 11) is 5.88. The normalized spacial score (nSPS) is 10.4. The average Bonchev–Trinajstić information content (AvgIpc) is 2.59. The maximum absolute atomic E-state index is 5.79. The molecular weight excluding hydrogens is 200 g/mol. The van der Waals surface area contributed by atoms with Gasteiger partial charge in [0.2, 0.25) is 0 Å². The van der Waals surface area contributed by atoms with Gasteiger partial charge in [-0.25, -0.2) is 0 Å². The SMILES string of the molecule is CN(C)c1ccccc1-c1cc(N)n(C)n1. The quantitative estimate of drug-likeness (QED) is 0.831. The fraction of sp³-hybridized carbons (Fsp3) is 0.250. The van der Waals surface area contributed by atoms with Crippen LogP contribution >= 0.6 is 0 Å². The first kappa shape index (κ1) is 10.5. The summed E-state index contributed by atoms with van der Waals surface area (Å²) in [6.07, 6.45) is 0. The van der Waals surface area contributed by atoms with Crippen molar-refractivity contribution in [1.82, 2.24) is 9.78 Å². The van der Waals surface area contributed by atoms with Crippen molar-refractivity contribution in [2.45, 2.75) is 0 Å². The third-order valence-electron chi connectivity index (χ3n) is 2.58. The van der Waals surface area contributed by atoms with E-state index in [2.05, 4.69) is 22.1 Å². The van der Waals surface area contributed by atoms with Gasteiger partial charge in [-0.05, 0) is 6.07 Å². The molecule has 0 aliphatic carbocycles. The lowest BCUT2D eigenvalue weighted by atomic mass is 10.1. The Labute approximate surface area is 95.3 Å². The Hall–Kier alpha value is -1.97. The lowest BCUT2D eigenvalue weighted by Crippen LogP contribution is -2.09. The van der Waals surface area contributed by atoms with Crippen LogP contribution in [0.5, 0.6) is 0 Å². The van der Waals surface area contributed by atoms with Gasteiger partial charge in [-0.1, -0.05) is 18.2 Å². The van der Waals surface area contributed by atoms with E-state index in [0.717, 1.165) is 16.9 Å². The van der Waals surface area contributed by atoms with Crippen molar-refractivity contribution in [3.05, 3.63) is 30.3 Å². The zero-order valence-electron chi connectivity index (χ0n) is 9.81. The Morgan fingerprint density at radius 1 is 1.25 bits per heavy atom. The van der Waals surface area contributed by atoms with E-state index in [4.69, 9.17) is 5.73 Å². The second-order valence-electron chi connectivity index (χ2n) is 3.99. The van der Waals surface area contributed by atoms with Gasteiger partial charge in [0.15, 0.2) is 0 Å². The lowest BCUT2D eigenvalue weighted by molar-refractivity contribution is 0.782. The first-order chi connectivity index (χ1) is 7.59. The van der Waals surface area contributed by atoms with Crippen LogP contribution < -0.4 is 10.6 Å². The van der Waals surface area contributed by atoms with Crippen molar-refractivity contribution in [2.24, 2.45) is 7.05 Å². The van der Waals surface area contributed by atoms with Crippen molar-refractivity contribution in [2.75, 3.05) is 24.7 Å². The number of hydrogen-bond donors (Lipinski definition) is 1. The molecule has 1 aromatic heterocycles. The van der Waals surface area contributed by atoms with E-state index in [1.807, 2.05) is 39.3 Å². The highest BCUT2D eigenvalue weighted by Crippen LogP contribution is 2.29. The molecule has 4 heteroatoms. The molecule has 0 radical (unpaired) electrons. The number of hydrogen-bond acceptors (Lipinski definition) is 3. The minimum atomic E-state index is 0.670. The molecule has 84 valence electrons. The van der Waals surface area contributed by atoms with Gasteiger partial charge in [-0.15, -0.1) is 0 Å². The van der Waals surface area contributed by atoms with Gasteiger partial charge in [0.25, 0.3) is 0 Å². The Kier molecular flexibility index (Phi) is 2.56. The monoisotopic (exact) mass is 216 g/mol. The number of aromatic nitrogens is 2. The third kappa shape index (κ3) is 1.74. The third-order valence-corrected chi connectivity index (χ3v) is 2.58. The van der Waals surface area contributed by atoms with Crippen LogP contribution in [-0.2, 0) is 7.05 Å². The van der Waals surface area contributed by atoms with Crippen LogP contribution in [0.2, 0.25) is 0 Å². The van der Waals surface area contributed by atoms with Crippen LogP contribution in [0, 0.1) is 0 Å². The highest BCUT2D eigenvalue weighted by atomic mass is 15.3. The predicted octanol–water partition coefficient (Wildman–Crippen LogP) is 1.74. The van der Waals surface area contributed by atoms with Crippen molar-refractivity contribution < 1.29 is 0 Å². The number of para-hydroxylation sites is 1. The number of benzene rings is 1. The number of nitrogens with zero attached hydrogens (tertiary/aromatic N) is 3. The summed E-state index contributed by atoms with van der Waals surface area (Å²) in [5, 5.41) is 4.39. The van der Waals surface area contributed by atoms with E-state index in [-0.39, 0.29) is 0 Å². The number of rotatable bonds is 2. The van der Waals surface area contributed by atoms with Gasteiger partial charge >= 0.3 is 0 Å². The fourth-order valence-electron chi connectivity index (χ4n) is 1.69. The number of aryl methyl sites for hydroxylation is 1. The molecule has 16 heavy (non-hydrogen) atoms. The van der Waals surface area contributed by atoms with E-state index in [0.29, 0.717) is 5.82 Å². The zero-order valence-corrected chi connectivity index (χ0v) is 9.81. The molecule has 0 amide bonds. The maximum Gasteiger partial charge on any atom is 0.121 e. The summed E-state index contributed by atoms with van der Waals surface area (Å²) >= 11 is 0. The maximum atomic E-state index is 5.79. The van der Waals surface area contributed by atoms with E-state index >= 15 is 0 Å². The minimum Gasteiger partial charge on any atom is -0.384 e. The molecular formula is C12H16N4. The Bertz CT molecular complexity index is 480. The van der Waals surface area contributed by atoms with E-state index in [1.165, 1.54) is 0 Å². The number of nitrogens with two attached hydrogens (primary N) is 1. The average molecular weight is 216 g/mol. The van der Waals surface area contributed by atoms with Crippen molar-refractivity contribution >= 4 is 11.5 Å². The number of anilines is 2. The molecule has 0 saturated carbocycles. The smallest absolute Gasteiger partial charge is 0.121 e. The van der Waals surface area contributed by atoms with Gasteiger partial charge in [0.05, 0.1) is 5.69 Å². The summed E-state index contributed by atoms with van der Waals surface area (Å²) < 4.78 is 1.68. The summed E-state index contributed by atoms with van der Waals surface area (Å²) in [6, 6.07) is 10.0. The van der Waals surface area contributed by atoms with E-state index < -0.39 is 0 Å². The molecule has 0 unspecified atom stereocenters. The van der Waals surface area contributed by atoms with Crippen molar-refractivity contribution in [3.63, 3.8) is 0 Å². The molecule has 0 bridgehead atoms. The van der Waals surface area contributed by atoms with Gasteiger partial charge < -0.3 is 10.6 Å². The highest BCUT2D eigenvalue weighted by molar-refractivity contribution is 5.77.